The summed E-state index contributed by atoms with van der Waals surface area (Å²) in [7, 11) is 1.73. The summed E-state index contributed by atoms with van der Waals surface area (Å²) >= 11 is 0. The van der Waals surface area contributed by atoms with E-state index in [4.69, 9.17) is 10.5 Å². The van der Waals surface area contributed by atoms with E-state index in [0.717, 1.165) is 38.1 Å². The van der Waals surface area contributed by atoms with Crippen LogP contribution >= 0.6 is 0 Å². The maximum absolute atomic E-state index is 6.06. The lowest BCUT2D eigenvalue weighted by Gasteiger charge is -2.10. The number of rotatable bonds is 7. The molecule has 0 saturated heterocycles. The van der Waals surface area contributed by atoms with Gasteiger partial charge in [-0.15, -0.1) is 0 Å². The predicted molar refractivity (Wildman–Crippen MR) is 70.1 cm³/mol. The van der Waals surface area contributed by atoms with Gasteiger partial charge < -0.3 is 10.5 Å². The van der Waals surface area contributed by atoms with Crippen LogP contribution < -0.4 is 5.73 Å². The number of methoxy groups -OCH3 is 1. The van der Waals surface area contributed by atoms with Crippen LogP contribution in [0.5, 0.6) is 0 Å². The van der Waals surface area contributed by atoms with Crippen molar-refractivity contribution in [1.82, 2.24) is 9.78 Å². The van der Waals surface area contributed by atoms with Crippen LogP contribution in [0.4, 0.5) is 0 Å². The van der Waals surface area contributed by atoms with Crippen molar-refractivity contribution in [2.45, 2.75) is 52.6 Å². The highest BCUT2D eigenvalue weighted by Gasteiger charge is 2.17. The van der Waals surface area contributed by atoms with Crippen molar-refractivity contribution in [3.05, 3.63) is 17.0 Å². The van der Waals surface area contributed by atoms with Gasteiger partial charge >= 0.3 is 0 Å². The molecule has 1 aromatic rings. The number of nitrogens with two attached hydrogens (primary N) is 1. The van der Waals surface area contributed by atoms with Gasteiger partial charge in [-0.3, -0.25) is 4.68 Å². The molecule has 1 aromatic heterocycles. The molecule has 0 fully saturated rings. The van der Waals surface area contributed by atoms with Crippen molar-refractivity contribution in [3.8, 4) is 0 Å². The molecule has 98 valence electrons. The summed E-state index contributed by atoms with van der Waals surface area (Å²) in [6, 6.07) is 0.0658. The molecule has 0 aliphatic heterocycles. The Hall–Kier alpha value is -0.870. The molecule has 0 aromatic carbocycles. The Morgan fingerprint density at radius 3 is 2.53 bits per heavy atom. The first-order valence-corrected chi connectivity index (χ1v) is 6.48. The average Bonchev–Trinajstić information content (AvgIpc) is 2.67. The Labute approximate surface area is 104 Å². The van der Waals surface area contributed by atoms with Crippen molar-refractivity contribution in [2.24, 2.45) is 5.73 Å². The molecular weight excluding hydrogens is 214 g/mol. The monoisotopic (exact) mass is 239 g/mol. The molecule has 0 aliphatic carbocycles. The Kier molecular flexibility index (Phi) is 5.65. The Morgan fingerprint density at radius 1 is 1.35 bits per heavy atom. The maximum Gasteiger partial charge on any atom is 0.0672 e. The van der Waals surface area contributed by atoms with Crippen LogP contribution in [0.3, 0.4) is 0 Å². The van der Waals surface area contributed by atoms with Gasteiger partial charge in [0, 0.05) is 37.6 Å². The zero-order chi connectivity index (χ0) is 12.8. The number of aryl methyl sites for hydroxylation is 2. The van der Waals surface area contributed by atoms with Crippen LogP contribution in [0.25, 0.3) is 0 Å². The highest BCUT2D eigenvalue weighted by molar-refractivity contribution is 5.29. The van der Waals surface area contributed by atoms with Gasteiger partial charge in [0.2, 0.25) is 0 Å². The van der Waals surface area contributed by atoms with E-state index >= 15 is 0 Å². The fourth-order valence-corrected chi connectivity index (χ4v) is 2.27. The third-order valence-corrected chi connectivity index (χ3v) is 3.02. The second kappa shape index (κ2) is 6.77. The standard InChI is InChI=1S/C13H25N3O/c1-5-11-13(10(3)14)12(6-2)16(15-11)8-7-9-17-4/h10H,5-9,14H2,1-4H3. The Morgan fingerprint density at radius 2 is 2.06 bits per heavy atom. The molecule has 0 amide bonds. The topological polar surface area (TPSA) is 53.1 Å². The van der Waals surface area contributed by atoms with E-state index in [2.05, 4.69) is 23.6 Å². The normalized spacial score (nSPS) is 13.0. The molecule has 0 bridgehead atoms. The van der Waals surface area contributed by atoms with Crippen LogP contribution in [0, 0.1) is 0 Å². The van der Waals surface area contributed by atoms with E-state index in [1.54, 1.807) is 7.11 Å². The van der Waals surface area contributed by atoms with Crippen molar-refractivity contribution in [2.75, 3.05) is 13.7 Å². The number of hydrogen-bond donors (Lipinski definition) is 1. The van der Waals surface area contributed by atoms with Gasteiger partial charge in [-0.2, -0.15) is 5.10 Å². The van der Waals surface area contributed by atoms with E-state index in [0.29, 0.717) is 0 Å². The quantitative estimate of drug-likeness (QED) is 0.741. The molecule has 1 atom stereocenters. The fraction of sp³-hybridized carbons (Fsp3) is 0.769. The number of aromatic nitrogens is 2. The van der Waals surface area contributed by atoms with E-state index in [-0.39, 0.29) is 6.04 Å². The van der Waals surface area contributed by atoms with Gasteiger partial charge in [-0.1, -0.05) is 13.8 Å². The van der Waals surface area contributed by atoms with Gasteiger partial charge in [-0.05, 0) is 26.2 Å². The summed E-state index contributed by atoms with van der Waals surface area (Å²) < 4.78 is 7.19. The van der Waals surface area contributed by atoms with Crippen molar-refractivity contribution < 1.29 is 4.74 Å². The zero-order valence-corrected chi connectivity index (χ0v) is 11.5. The van der Waals surface area contributed by atoms with Crippen LogP contribution in [-0.2, 0) is 24.1 Å². The summed E-state index contributed by atoms with van der Waals surface area (Å²) in [5.74, 6) is 0. The minimum absolute atomic E-state index is 0.0658. The number of hydrogen-bond acceptors (Lipinski definition) is 3. The van der Waals surface area contributed by atoms with Crippen LogP contribution in [0.15, 0.2) is 0 Å². The Balaban J connectivity index is 2.96. The number of ether oxygens (including phenoxy) is 1. The van der Waals surface area contributed by atoms with Crippen molar-refractivity contribution in [3.63, 3.8) is 0 Å². The molecular formula is C13H25N3O. The number of nitrogens with zero attached hydrogens (tertiary/aromatic N) is 2. The molecule has 1 heterocycles. The summed E-state index contributed by atoms with van der Waals surface area (Å²) in [4.78, 5) is 0. The molecule has 0 spiro atoms. The first kappa shape index (κ1) is 14.2. The fourth-order valence-electron chi connectivity index (χ4n) is 2.27. The third kappa shape index (κ3) is 3.30. The van der Waals surface area contributed by atoms with Gasteiger partial charge in [-0.25, -0.2) is 0 Å². The largest absolute Gasteiger partial charge is 0.385 e. The van der Waals surface area contributed by atoms with Crippen molar-refractivity contribution >= 4 is 0 Å². The SMILES string of the molecule is CCc1nn(CCCOC)c(CC)c1C(C)N. The summed E-state index contributed by atoms with van der Waals surface area (Å²) in [5.41, 5.74) is 9.73. The van der Waals surface area contributed by atoms with Crippen LogP contribution in [0.1, 0.15) is 50.2 Å². The predicted octanol–water partition coefficient (Wildman–Crippen LogP) is 2.06. The van der Waals surface area contributed by atoms with Gasteiger partial charge in [0.15, 0.2) is 0 Å². The second-order valence-corrected chi connectivity index (χ2v) is 4.37. The molecule has 1 rings (SSSR count). The Bertz CT molecular complexity index is 345. The van der Waals surface area contributed by atoms with E-state index in [1.807, 2.05) is 6.92 Å². The van der Waals surface area contributed by atoms with Gasteiger partial charge in [0.05, 0.1) is 5.69 Å². The lowest BCUT2D eigenvalue weighted by Crippen LogP contribution is -2.11. The van der Waals surface area contributed by atoms with E-state index < -0.39 is 0 Å². The molecule has 0 radical (unpaired) electrons. The summed E-state index contributed by atoms with van der Waals surface area (Å²) in [6.45, 7) is 8.02. The van der Waals surface area contributed by atoms with Crippen LogP contribution in [0.2, 0.25) is 0 Å². The van der Waals surface area contributed by atoms with E-state index in [9.17, 15) is 0 Å². The minimum Gasteiger partial charge on any atom is -0.385 e. The first-order chi connectivity index (χ1) is 8.15. The lowest BCUT2D eigenvalue weighted by molar-refractivity contribution is 0.188. The average molecular weight is 239 g/mol. The first-order valence-electron chi connectivity index (χ1n) is 6.48. The summed E-state index contributed by atoms with van der Waals surface area (Å²) in [5, 5.41) is 4.67. The molecule has 17 heavy (non-hydrogen) atoms. The molecule has 4 nitrogen and oxygen atoms in total. The zero-order valence-electron chi connectivity index (χ0n) is 11.5. The summed E-state index contributed by atoms with van der Waals surface area (Å²) in [6.07, 6.45) is 2.92. The van der Waals surface area contributed by atoms with Gasteiger partial charge in [0.25, 0.3) is 0 Å². The molecule has 0 aliphatic rings. The molecule has 2 N–H and O–H groups in total. The smallest absolute Gasteiger partial charge is 0.0672 e. The lowest BCUT2D eigenvalue weighted by atomic mass is 10.0. The molecule has 1 unspecified atom stereocenters. The highest BCUT2D eigenvalue weighted by Crippen LogP contribution is 2.22. The minimum atomic E-state index is 0.0658. The highest BCUT2D eigenvalue weighted by atomic mass is 16.5. The van der Waals surface area contributed by atoms with E-state index in [1.165, 1.54) is 11.3 Å². The molecule has 0 saturated carbocycles. The van der Waals surface area contributed by atoms with Crippen LogP contribution in [-0.4, -0.2) is 23.5 Å². The second-order valence-electron chi connectivity index (χ2n) is 4.37. The maximum atomic E-state index is 6.06. The third-order valence-electron chi connectivity index (χ3n) is 3.02. The molecule has 4 heteroatoms. The van der Waals surface area contributed by atoms with Crippen molar-refractivity contribution in [1.29, 1.82) is 0 Å². The van der Waals surface area contributed by atoms with Gasteiger partial charge in [0.1, 0.15) is 0 Å².